The van der Waals surface area contributed by atoms with Crippen LogP contribution in [0.2, 0.25) is 0 Å². The Hall–Kier alpha value is -1.01. The molecular formula is C11H17FN2O2S. The summed E-state index contributed by atoms with van der Waals surface area (Å²) in [6.45, 7) is 3.82. The Balaban J connectivity index is 2.48. The molecule has 0 aliphatic carbocycles. The van der Waals surface area contributed by atoms with Crippen molar-refractivity contribution >= 4 is 9.84 Å². The van der Waals surface area contributed by atoms with Crippen LogP contribution < -0.4 is 5.32 Å². The second kappa shape index (κ2) is 6.07. The van der Waals surface area contributed by atoms with Crippen molar-refractivity contribution in [2.45, 2.75) is 19.9 Å². The van der Waals surface area contributed by atoms with Gasteiger partial charge in [0.2, 0.25) is 0 Å². The van der Waals surface area contributed by atoms with Gasteiger partial charge in [0.15, 0.2) is 9.84 Å². The molecule has 1 aromatic rings. The summed E-state index contributed by atoms with van der Waals surface area (Å²) >= 11 is 0. The lowest BCUT2D eigenvalue weighted by atomic mass is 10.1. The van der Waals surface area contributed by atoms with E-state index in [1.165, 1.54) is 6.07 Å². The van der Waals surface area contributed by atoms with Gasteiger partial charge < -0.3 is 5.32 Å². The van der Waals surface area contributed by atoms with Crippen molar-refractivity contribution in [3.05, 3.63) is 29.8 Å². The van der Waals surface area contributed by atoms with Crippen LogP contribution in [-0.4, -0.2) is 31.5 Å². The molecule has 0 aliphatic heterocycles. The summed E-state index contributed by atoms with van der Waals surface area (Å²) in [6, 6.07) is 1.27. The second-order valence-electron chi connectivity index (χ2n) is 3.85. The van der Waals surface area contributed by atoms with Gasteiger partial charge in [0.25, 0.3) is 0 Å². The van der Waals surface area contributed by atoms with E-state index >= 15 is 0 Å². The average Bonchev–Trinajstić information content (AvgIpc) is 2.28. The number of pyridine rings is 1. The molecule has 4 nitrogen and oxygen atoms in total. The first kappa shape index (κ1) is 14.1. The largest absolute Gasteiger partial charge is 0.309 e. The average molecular weight is 260 g/mol. The fourth-order valence-electron chi connectivity index (χ4n) is 1.36. The first-order valence-electron chi connectivity index (χ1n) is 5.49. The van der Waals surface area contributed by atoms with Crippen molar-refractivity contribution < 1.29 is 12.8 Å². The molecule has 6 heteroatoms. The summed E-state index contributed by atoms with van der Waals surface area (Å²) in [6.07, 6.45) is 2.70. The fourth-order valence-corrected chi connectivity index (χ4v) is 2.08. The van der Waals surface area contributed by atoms with Gasteiger partial charge in [-0.15, -0.1) is 0 Å². The molecule has 17 heavy (non-hydrogen) atoms. The summed E-state index contributed by atoms with van der Waals surface area (Å²) in [5.74, 6) is -0.154. The zero-order valence-corrected chi connectivity index (χ0v) is 10.8. The van der Waals surface area contributed by atoms with Crippen LogP contribution in [0.1, 0.15) is 25.5 Å². The molecule has 0 saturated carbocycles. The van der Waals surface area contributed by atoms with Crippen LogP contribution in [0.4, 0.5) is 4.39 Å². The number of sulfone groups is 1. The van der Waals surface area contributed by atoms with Gasteiger partial charge in [0, 0.05) is 24.5 Å². The molecule has 0 bridgehead atoms. The highest BCUT2D eigenvalue weighted by Gasteiger charge is 2.10. The molecule has 1 heterocycles. The van der Waals surface area contributed by atoms with Gasteiger partial charge in [-0.3, -0.25) is 4.98 Å². The van der Waals surface area contributed by atoms with Crippen LogP contribution >= 0.6 is 0 Å². The second-order valence-corrected chi connectivity index (χ2v) is 6.32. The Morgan fingerprint density at radius 1 is 1.47 bits per heavy atom. The summed E-state index contributed by atoms with van der Waals surface area (Å²) in [5.41, 5.74) is 0.707. The number of aromatic nitrogens is 1. The third-order valence-corrected chi connectivity index (χ3v) is 4.24. The number of hydrogen-bond acceptors (Lipinski definition) is 4. The van der Waals surface area contributed by atoms with Crippen LogP contribution in [0, 0.1) is 5.82 Å². The van der Waals surface area contributed by atoms with E-state index in [-0.39, 0.29) is 17.5 Å². The molecule has 0 aromatic carbocycles. The van der Waals surface area contributed by atoms with E-state index in [4.69, 9.17) is 0 Å². The topological polar surface area (TPSA) is 59.1 Å². The van der Waals surface area contributed by atoms with Gasteiger partial charge in [-0.25, -0.2) is 12.8 Å². The van der Waals surface area contributed by atoms with Crippen molar-refractivity contribution in [3.63, 3.8) is 0 Å². The Bertz CT molecular complexity index is 462. The molecule has 0 fully saturated rings. The first-order chi connectivity index (χ1) is 7.94. The molecule has 96 valence electrons. The number of hydrogen-bond donors (Lipinski definition) is 1. The van der Waals surface area contributed by atoms with Crippen LogP contribution in [0.25, 0.3) is 0 Å². The van der Waals surface area contributed by atoms with Crippen LogP contribution in [0.5, 0.6) is 0 Å². The van der Waals surface area contributed by atoms with E-state index in [2.05, 4.69) is 10.3 Å². The molecule has 0 saturated heterocycles. The minimum absolute atomic E-state index is 0.0938. The molecule has 1 rings (SSSR count). The van der Waals surface area contributed by atoms with E-state index in [1.807, 2.05) is 6.92 Å². The standard InChI is InChI=1S/C11H17FN2O2S/c1-3-17(15,16)5-4-14-9(2)10-6-11(12)8-13-7-10/h6-9,14H,3-5H2,1-2H3. The lowest BCUT2D eigenvalue weighted by molar-refractivity contribution is 0.564. The quantitative estimate of drug-likeness (QED) is 0.837. The Kier molecular flexibility index (Phi) is 5.02. The third kappa shape index (κ3) is 4.79. The Labute approximate surface area is 101 Å². The molecule has 1 N–H and O–H groups in total. The minimum Gasteiger partial charge on any atom is -0.309 e. The maximum Gasteiger partial charge on any atom is 0.151 e. The molecule has 0 aliphatic rings. The SMILES string of the molecule is CCS(=O)(=O)CCNC(C)c1cncc(F)c1. The molecule has 0 radical (unpaired) electrons. The molecule has 1 unspecified atom stereocenters. The van der Waals surface area contributed by atoms with Gasteiger partial charge in [0.1, 0.15) is 5.82 Å². The number of nitrogens with zero attached hydrogens (tertiary/aromatic N) is 1. The maximum absolute atomic E-state index is 12.9. The lowest BCUT2D eigenvalue weighted by Gasteiger charge is -2.13. The monoisotopic (exact) mass is 260 g/mol. The van der Waals surface area contributed by atoms with Crippen LogP contribution in [-0.2, 0) is 9.84 Å². The summed E-state index contributed by atoms with van der Waals surface area (Å²) in [4.78, 5) is 3.75. The van der Waals surface area contributed by atoms with E-state index in [0.29, 0.717) is 12.1 Å². The highest BCUT2D eigenvalue weighted by Crippen LogP contribution is 2.11. The Morgan fingerprint density at radius 3 is 2.76 bits per heavy atom. The summed E-state index contributed by atoms with van der Waals surface area (Å²) < 4.78 is 35.4. The molecule has 0 amide bonds. The number of nitrogens with one attached hydrogen (secondary N) is 1. The third-order valence-electron chi connectivity index (χ3n) is 2.53. The molecular weight excluding hydrogens is 243 g/mol. The van der Waals surface area contributed by atoms with Crippen LogP contribution in [0.3, 0.4) is 0 Å². The van der Waals surface area contributed by atoms with Crippen molar-refractivity contribution in [2.75, 3.05) is 18.1 Å². The van der Waals surface area contributed by atoms with Crippen LogP contribution in [0.15, 0.2) is 18.5 Å². The van der Waals surface area contributed by atoms with Crippen molar-refractivity contribution in [1.82, 2.24) is 10.3 Å². The van der Waals surface area contributed by atoms with Crippen molar-refractivity contribution in [2.24, 2.45) is 0 Å². The van der Waals surface area contributed by atoms with E-state index in [0.717, 1.165) is 6.20 Å². The number of halogens is 1. The fraction of sp³-hybridized carbons (Fsp3) is 0.545. The highest BCUT2D eigenvalue weighted by atomic mass is 32.2. The van der Waals surface area contributed by atoms with Gasteiger partial charge >= 0.3 is 0 Å². The predicted molar refractivity (Wildman–Crippen MR) is 64.9 cm³/mol. The highest BCUT2D eigenvalue weighted by molar-refractivity contribution is 7.91. The van der Waals surface area contributed by atoms with E-state index in [9.17, 15) is 12.8 Å². The lowest BCUT2D eigenvalue weighted by Crippen LogP contribution is -2.26. The normalized spacial score (nSPS) is 13.6. The Morgan fingerprint density at radius 2 is 2.18 bits per heavy atom. The van der Waals surface area contributed by atoms with Gasteiger partial charge in [-0.05, 0) is 18.6 Å². The zero-order chi connectivity index (χ0) is 12.9. The van der Waals surface area contributed by atoms with E-state index in [1.54, 1.807) is 13.1 Å². The zero-order valence-electron chi connectivity index (χ0n) is 9.98. The molecule has 1 aromatic heterocycles. The van der Waals surface area contributed by atoms with E-state index < -0.39 is 15.7 Å². The van der Waals surface area contributed by atoms with Gasteiger partial charge in [-0.2, -0.15) is 0 Å². The van der Waals surface area contributed by atoms with Gasteiger partial charge in [-0.1, -0.05) is 6.92 Å². The first-order valence-corrected chi connectivity index (χ1v) is 7.31. The smallest absolute Gasteiger partial charge is 0.151 e. The van der Waals surface area contributed by atoms with Crippen molar-refractivity contribution in [3.8, 4) is 0 Å². The summed E-state index contributed by atoms with van der Waals surface area (Å²) in [5, 5.41) is 3.03. The summed E-state index contributed by atoms with van der Waals surface area (Å²) in [7, 11) is -2.96. The predicted octanol–water partition coefficient (Wildman–Crippen LogP) is 1.31. The molecule has 1 atom stereocenters. The van der Waals surface area contributed by atoms with Gasteiger partial charge in [0.05, 0.1) is 11.9 Å². The maximum atomic E-state index is 12.9. The minimum atomic E-state index is -2.96. The molecule has 0 spiro atoms. The number of rotatable bonds is 6. The van der Waals surface area contributed by atoms with Crippen molar-refractivity contribution in [1.29, 1.82) is 0 Å².